The van der Waals surface area contributed by atoms with Crippen LogP contribution in [-0.2, 0) is 6.54 Å². The van der Waals surface area contributed by atoms with E-state index in [2.05, 4.69) is 10.3 Å². The predicted octanol–water partition coefficient (Wildman–Crippen LogP) is 3.03. The highest BCUT2D eigenvalue weighted by atomic mass is 16.1. The molecule has 7 heteroatoms. The summed E-state index contributed by atoms with van der Waals surface area (Å²) in [5, 5.41) is 3.02. The number of aryl methyl sites for hydroxylation is 1. The zero-order valence-electron chi connectivity index (χ0n) is 17.3. The second kappa shape index (κ2) is 8.18. The lowest BCUT2D eigenvalue weighted by atomic mass is 9.87. The number of para-hydroxylation sites is 1. The van der Waals surface area contributed by atoms with Gasteiger partial charge in [0.05, 0.1) is 11.3 Å². The summed E-state index contributed by atoms with van der Waals surface area (Å²) < 4.78 is 0. The fourth-order valence-electron chi connectivity index (χ4n) is 4.31. The first kappa shape index (κ1) is 19.9. The number of nitrogens with zero attached hydrogens (tertiary/aromatic N) is 3. The largest absolute Gasteiger partial charge is 0.369 e. The van der Waals surface area contributed by atoms with Gasteiger partial charge in [0.2, 0.25) is 11.9 Å². The molecule has 2 aromatic rings. The van der Waals surface area contributed by atoms with E-state index in [9.17, 15) is 4.79 Å². The maximum absolute atomic E-state index is 13.1. The maximum Gasteiger partial charge on any atom is 0.253 e. The van der Waals surface area contributed by atoms with Crippen molar-refractivity contribution in [3.63, 3.8) is 0 Å². The highest BCUT2D eigenvalue weighted by molar-refractivity contribution is 6.10. The van der Waals surface area contributed by atoms with Crippen molar-refractivity contribution in [3.05, 3.63) is 65.2 Å². The fraction of sp³-hybridized carbons (Fsp3) is 0.348. The van der Waals surface area contributed by atoms with Gasteiger partial charge in [-0.1, -0.05) is 48.4 Å². The van der Waals surface area contributed by atoms with E-state index in [4.69, 9.17) is 16.5 Å². The summed E-state index contributed by atoms with van der Waals surface area (Å²) in [6.45, 7) is 2.49. The van der Waals surface area contributed by atoms with Crippen LogP contribution in [0, 0.1) is 6.92 Å². The average molecular weight is 405 g/mol. The number of nitrogens with two attached hydrogens (primary N) is 2. The molecule has 0 saturated heterocycles. The lowest BCUT2D eigenvalue weighted by Crippen LogP contribution is -2.58. The van der Waals surface area contributed by atoms with E-state index in [0.717, 1.165) is 37.7 Å². The van der Waals surface area contributed by atoms with Gasteiger partial charge >= 0.3 is 0 Å². The first-order valence-electron chi connectivity index (χ1n) is 10.4. The van der Waals surface area contributed by atoms with Gasteiger partial charge in [-0.15, -0.1) is 0 Å². The Morgan fingerprint density at radius 1 is 1.07 bits per heavy atom. The highest BCUT2D eigenvalue weighted by Gasteiger charge is 2.43. The molecule has 156 valence electrons. The third-order valence-corrected chi connectivity index (χ3v) is 5.81. The molecular formula is C23H28N6O. The van der Waals surface area contributed by atoms with Crippen LogP contribution in [0.5, 0.6) is 0 Å². The van der Waals surface area contributed by atoms with Crippen molar-refractivity contribution in [2.75, 3.05) is 4.90 Å². The van der Waals surface area contributed by atoms with E-state index in [1.807, 2.05) is 60.4 Å². The summed E-state index contributed by atoms with van der Waals surface area (Å²) in [7, 11) is 0. The van der Waals surface area contributed by atoms with Crippen LogP contribution < -0.4 is 21.7 Å². The van der Waals surface area contributed by atoms with Crippen LogP contribution >= 0.6 is 0 Å². The Morgan fingerprint density at radius 2 is 1.77 bits per heavy atom. The van der Waals surface area contributed by atoms with Crippen LogP contribution in [0.4, 0.5) is 5.69 Å². The molecule has 1 amide bonds. The standard InChI is InChI=1S/C23H28N6O/c1-16-9-11-17(12-10-16)15-26-20(30)18-7-3-4-8-19(18)29-22(25)27-21(24)28-23(29)13-5-2-6-14-23/h3-4,7-12H,2,5-6,13-15H2,1H3,(H,26,30)(H4,24,25,27,28). The Hall–Kier alpha value is -3.35. The smallest absolute Gasteiger partial charge is 0.253 e. The fourth-order valence-corrected chi connectivity index (χ4v) is 4.31. The summed E-state index contributed by atoms with van der Waals surface area (Å²) in [5.41, 5.74) is 15.2. The van der Waals surface area contributed by atoms with Gasteiger partial charge in [0.25, 0.3) is 5.91 Å². The summed E-state index contributed by atoms with van der Waals surface area (Å²) in [5.74, 6) is 0.322. The van der Waals surface area contributed by atoms with Crippen molar-refractivity contribution in [3.8, 4) is 0 Å². The van der Waals surface area contributed by atoms with Crippen LogP contribution in [0.2, 0.25) is 0 Å². The van der Waals surface area contributed by atoms with Gasteiger partial charge in [0.15, 0.2) is 0 Å². The van der Waals surface area contributed by atoms with Crippen molar-refractivity contribution < 1.29 is 4.79 Å². The second-order valence-electron chi connectivity index (χ2n) is 8.00. The van der Waals surface area contributed by atoms with E-state index in [1.54, 1.807) is 0 Å². The first-order valence-corrected chi connectivity index (χ1v) is 10.4. The number of carbonyl (C=O) groups is 1. The molecule has 1 aliphatic carbocycles. The van der Waals surface area contributed by atoms with Gasteiger partial charge in [-0.2, -0.15) is 4.99 Å². The molecule has 0 radical (unpaired) electrons. The number of benzene rings is 2. The summed E-state index contributed by atoms with van der Waals surface area (Å²) in [6.07, 6.45) is 4.86. The molecule has 1 spiro atoms. The number of guanidine groups is 2. The molecule has 2 aliphatic rings. The highest BCUT2D eigenvalue weighted by Crippen LogP contribution is 2.40. The zero-order chi connectivity index (χ0) is 21.1. The molecular weight excluding hydrogens is 376 g/mol. The molecule has 0 aromatic heterocycles. The first-order chi connectivity index (χ1) is 14.5. The third-order valence-electron chi connectivity index (χ3n) is 5.81. The molecule has 5 N–H and O–H groups in total. The van der Waals surface area contributed by atoms with Gasteiger partial charge in [-0.05, 0) is 50.3 Å². The van der Waals surface area contributed by atoms with Crippen molar-refractivity contribution in [2.24, 2.45) is 21.5 Å². The zero-order valence-corrected chi connectivity index (χ0v) is 17.3. The minimum atomic E-state index is -0.582. The topological polar surface area (TPSA) is 109 Å². The molecule has 0 unspecified atom stereocenters. The van der Waals surface area contributed by atoms with E-state index in [1.165, 1.54) is 5.56 Å². The Labute approximate surface area is 176 Å². The van der Waals surface area contributed by atoms with Crippen molar-refractivity contribution in [1.82, 2.24) is 5.32 Å². The molecule has 30 heavy (non-hydrogen) atoms. The van der Waals surface area contributed by atoms with Crippen molar-refractivity contribution >= 4 is 23.5 Å². The number of anilines is 1. The molecule has 1 saturated carbocycles. The van der Waals surface area contributed by atoms with E-state index in [-0.39, 0.29) is 17.8 Å². The number of nitrogens with one attached hydrogen (secondary N) is 1. The van der Waals surface area contributed by atoms with Crippen LogP contribution in [0.15, 0.2) is 58.5 Å². The second-order valence-corrected chi connectivity index (χ2v) is 8.00. The Bertz CT molecular complexity index is 989. The number of hydrogen-bond donors (Lipinski definition) is 3. The lowest BCUT2D eigenvalue weighted by Gasteiger charge is -2.46. The number of aliphatic imine (C=N–C) groups is 2. The Balaban J connectivity index is 1.64. The molecule has 1 heterocycles. The van der Waals surface area contributed by atoms with Gasteiger partial charge in [0.1, 0.15) is 5.66 Å². The van der Waals surface area contributed by atoms with Crippen LogP contribution in [0.25, 0.3) is 0 Å². The summed E-state index contributed by atoms with van der Waals surface area (Å²) in [4.78, 5) is 23.9. The molecule has 7 nitrogen and oxygen atoms in total. The summed E-state index contributed by atoms with van der Waals surface area (Å²) >= 11 is 0. The van der Waals surface area contributed by atoms with Crippen LogP contribution in [-0.4, -0.2) is 23.5 Å². The quantitative estimate of drug-likeness (QED) is 0.727. The maximum atomic E-state index is 13.1. The molecule has 1 fully saturated rings. The molecule has 0 atom stereocenters. The summed E-state index contributed by atoms with van der Waals surface area (Å²) in [6, 6.07) is 15.6. The predicted molar refractivity (Wildman–Crippen MR) is 120 cm³/mol. The molecule has 0 bridgehead atoms. The molecule has 4 rings (SSSR count). The van der Waals surface area contributed by atoms with E-state index < -0.39 is 5.66 Å². The van der Waals surface area contributed by atoms with Gasteiger partial charge in [-0.25, -0.2) is 4.99 Å². The number of hydrogen-bond acceptors (Lipinski definition) is 6. The SMILES string of the molecule is Cc1ccc(CNC(=O)c2ccccc2N2C(N)=NC(N)=NC23CCCCC3)cc1. The lowest BCUT2D eigenvalue weighted by molar-refractivity contribution is 0.0951. The van der Waals surface area contributed by atoms with E-state index in [0.29, 0.717) is 17.8 Å². The van der Waals surface area contributed by atoms with Crippen LogP contribution in [0.3, 0.4) is 0 Å². The molecule has 2 aromatic carbocycles. The van der Waals surface area contributed by atoms with Gasteiger partial charge in [0, 0.05) is 6.54 Å². The Morgan fingerprint density at radius 3 is 2.50 bits per heavy atom. The van der Waals surface area contributed by atoms with Gasteiger partial charge in [-0.3, -0.25) is 9.69 Å². The van der Waals surface area contributed by atoms with Gasteiger partial charge < -0.3 is 16.8 Å². The number of rotatable bonds is 4. The Kier molecular flexibility index (Phi) is 5.44. The average Bonchev–Trinajstić information content (AvgIpc) is 2.73. The number of carbonyl (C=O) groups excluding carboxylic acids is 1. The van der Waals surface area contributed by atoms with Crippen molar-refractivity contribution in [1.29, 1.82) is 0 Å². The van der Waals surface area contributed by atoms with Crippen molar-refractivity contribution in [2.45, 2.75) is 51.2 Å². The number of amides is 1. The van der Waals surface area contributed by atoms with E-state index >= 15 is 0 Å². The normalized spacial score (nSPS) is 18.0. The minimum Gasteiger partial charge on any atom is -0.369 e. The van der Waals surface area contributed by atoms with Crippen LogP contribution in [0.1, 0.15) is 53.6 Å². The third kappa shape index (κ3) is 3.87. The molecule has 1 aliphatic heterocycles. The monoisotopic (exact) mass is 404 g/mol. The minimum absolute atomic E-state index is 0.160.